The highest BCUT2D eigenvalue weighted by molar-refractivity contribution is 5.39. The molecule has 0 aliphatic rings. The molecule has 0 radical (unpaired) electrons. The maximum Gasteiger partial charge on any atom is 0.124 e. The van der Waals surface area contributed by atoms with Gasteiger partial charge in [0.25, 0.3) is 0 Å². The maximum absolute atomic E-state index is 5.65. The second-order valence-corrected chi connectivity index (χ2v) is 3.42. The van der Waals surface area contributed by atoms with Gasteiger partial charge in [-0.25, -0.2) is 0 Å². The molecular weight excluding hydrogens is 162 g/mol. The predicted octanol–water partition coefficient (Wildman–Crippen LogP) is 2.24. The van der Waals surface area contributed by atoms with Gasteiger partial charge in [-0.1, -0.05) is 12.1 Å². The summed E-state index contributed by atoms with van der Waals surface area (Å²) in [7, 11) is 0. The van der Waals surface area contributed by atoms with E-state index < -0.39 is 0 Å². The molecule has 0 fully saturated rings. The van der Waals surface area contributed by atoms with Gasteiger partial charge in [0.1, 0.15) is 5.75 Å². The fourth-order valence-electron chi connectivity index (χ4n) is 1.30. The first-order chi connectivity index (χ1) is 6.15. The first-order valence-corrected chi connectivity index (χ1v) is 4.60. The number of ether oxygens (including phenoxy) is 1. The highest BCUT2D eigenvalue weighted by atomic mass is 16.5. The predicted molar refractivity (Wildman–Crippen MR) is 54.8 cm³/mol. The molecule has 2 N–H and O–H groups in total. The topological polar surface area (TPSA) is 35.2 Å². The van der Waals surface area contributed by atoms with Crippen LogP contribution < -0.4 is 10.5 Å². The summed E-state index contributed by atoms with van der Waals surface area (Å²) >= 11 is 0. The summed E-state index contributed by atoms with van der Waals surface area (Å²) < 4.78 is 5.64. The lowest BCUT2D eigenvalue weighted by Gasteiger charge is -2.14. The van der Waals surface area contributed by atoms with E-state index >= 15 is 0 Å². The third-order valence-corrected chi connectivity index (χ3v) is 1.93. The van der Waals surface area contributed by atoms with Crippen LogP contribution in [-0.4, -0.2) is 6.10 Å². The number of nitrogens with two attached hydrogens (primary N) is 1. The molecule has 0 atom stereocenters. The van der Waals surface area contributed by atoms with E-state index in [1.54, 1.807) is 0 Å². The first-order valence-electron chi connectivity index (χ1n) is 4.60. The van der Waals surface area contributed by atoms with Crippen LogP contribution in [-0.2, 0) is 6.54 Å². The number of rotatable bonds is 3. The lowest BCUT2D eigenvalue weighted by Crippen LogP contribution is -2.10. The van der Waals surface area contributed by atoms with Crippen molar-refractivity contribution < 1.29 is 4.74 Å². The van der Waals surface area contributed by atoms with Crippen LogP contribution in [0.5, 0.6) is 5.75 Å². The Morgan fingerprint density at radius 1 is 1.38 bits per heavy atom. The first kappa shape index (κ1) is 10.1. The molecule has 13 heavy (non-hydrogen) atoms. The minimum atomic E-state index is 0.201. The van der Waals surface area contributed by atoms with Crippen molar-refractivity contribution in [3.63, 3.8) is 0 Å². The van der Waals surface area contributed by atoms with Crippen LogP contribution in [0.1, 0.15) is 25.0 Å². The van der Waals surface area contributed by atoms with E-state index in [-0.39, 0.29) is 6.10 Å². The molecule has 1 rings (SSSR count). The molecule has 0 saturated carbocycles. The Morgan fingerprint density at radius 3 is 2.62 bits per heavy atom. The number of benzene rings is 1. The van der Waals surface area contributed by atoms with Crippen LogP contribution in [0.25, 0.3) is 0 Å². The van der Waals surface area contributed by atoms with Crippen molar-refractivity contribution in [2.45, 2.75) is 33.4 Å². The van der Waals surface area contributed by atoms with Crippen molar-refractivity contribution in [2.75, 3.05) is 0 Å². The van der Waals surface area contributed by atoms with Gasteiger partial charge in [-0.05, 0) is 32.4 Å². The van der Waals surface area contributed by atoms with Gasteiger partial charge in [0.2, 0.25) is 0 Å². The number of hydrogen-bond donors (Lipinski definition) is 1. The zero-order valence-corrected chi connectivity index (χ0v) is 8.50. The van der Waals surface area contributed by atoms with E-state index in [0.717, 1.165) is 11.3 Å². The van der Waals surface area contributed by atoms with E-state index in [9.17, 15) is 0 Å². The largest absolute Gasteiger partial charge is 0.491 e. The third-order valence-electron chi connectivity index (χ3n) is 1.93. The molecule has 0 aromatic heterocycles. The van der Waals surface area contributed by atoms with Crippen molar-refractivity contribution in [3.8, 4) is 5.75 Å². The smallest absolute Gasteiger partial charge is 0.124 e. The zero-order chi connectivity index (χ0) is 9.84. The minimum absolute atomic E-state index is 0.201. The molecule has 0 spiro atoms. The average molecular weight is 179 g/mol. The molecule has 0 heterocycles. The molecule has 0 bridgehead atoms. The van der Waals surface area contributed by atoms with E-state index in [4.69, 9.17) is 10.5 Å². The fourth-order valence-corrected chi connectivity index (χ4v) is 1.30. The minimum Gasteiger partial charge on any atom is -0.491 e. The van der Waals surface area contributed by atoms with E-state index in [2.05, 4.69) is 13.0 Å². The maximum atomic E-state index is 5.65. The van der Waals surface area contributed by atoms with E-state index in [1.165, 1.54) is 5.56 Å². The summed E-state index contributed by atoms with van der Waals surface area (Å²) in [6.07, 6.45) is 0.201. The van der Waals surface area contributed by atoms with Crippen molar-refractivity contribution in [1.29, 1.82) is 0 Å². The highest BCUT2D eigenvalue weighted by Gasteiger charge is 2.05. The molecule has 2 heteroatoms. The van der Waals surface area contributed by atoms with Gasteiger partial charge < -0.3 is 10.5 Å². The van der Waals surface area contributed by atoms with Gasteiger partial charge in [0.15, 0.2) is 0 Å². The van der Waals surface area contributed by atoms with E-state index in [1.807, 2.05) is 26.0 Å². The summed E-state index contributed by atoms with van der Waals surface area (Å²) in [4.78, 5) is 0. The van der Waals surface area contributed by atoms with Crippen LogP contribution in [0.4, 0.5) is 0 Å². The van der Waals surface area contributed by atoms with Gasteiger partial charge >= 0.3 is 0 Å². The van der Waals surface area contributed by atoms with E-state index in [0.29, 0.717) is 6.54 Å². The summed E-state index contributed by atoms with van der Waals surface area (Å²) in [6, 6.07) is 6.01. The monoisotopic (exact) mass is 179 g/mol. The summed E-state index contributed by atoms with van der Waals surface area (Å²) in [6.45, 7) is 6.62. The Labute approximate surface area is 79.7 Å². The molecule has 0 amide bonds. The van der Waals surface area contributed by atoms with Crippen LogP contribution in [0.3, 0.4) is 0 Å². The molecule has 72 valence electrons. The molecular formula is C11H17NO. The van der Waals surface area contributed by atoms with Crippen LogP contribution in [0.15, 0.2) is 18.2 Å². The van der Waals surface area contributed by atoms with Gasteiger partial charge in [0.05, 0.1) is 6.10 Å². The Kier molecular flexibility index (Phi) is 3.32. The second-order valence-electron chi connectivity index (χ2n) is 3.42. The summed E-state index contributed by atoms with van der Waals surface area (Å²) in [5, 5.41) is 0. The van der Waals surface area contributed by atoms with Crippen molar-refractivity contribution in [1.82, 2.24) is 0 Å². The van der Waals surface area contributed by atoms with Crippen molar-refractivity contribution in [2.24, 2.45) is 5.73 Å². The quantitative estimate of drug-likeness (QED) is 0.772. The molecule has 0 saturated heterocycles. The second kappa shape index (κ2) is 4.28. The third kappa shape index (κ3) is 2.46. The fraction of sp³-hybridized carbons (Fsp3) is 0.455. The Morgan fingerprint density at radius 2 is 2.08 bits per heavy atom. The highest BCUT2D eigenvalue weighted by Crippen LogP contribution is 2.22. The number of aryl methyl sites for hydroxylation is 1. The molecule has 0 unspecified atom stereocenters. The van der Waals surface area contributed by atoms with Gasteiger partial charge in [-0.3, -0.25) is 0 Å². The van der Waals surface area contributed by atoms with Crippen LogP contribution >= 0.6 is 0 Å². The molecule has 0 aliphatic carbocycles. The number of hydrogen-bond acceptors (Lipinski definition) is 2. The van der Waals surface area contributed by atoms with Crippen LogP contribution in [0.2, 0.25) is 0 Å². The zero-order valence-electron chi connectivity index (χ0n) is 8.50. The molecule has 2 nitrogen and oxygen atoms in total. The lowest BCUT2D eigenvalue weighted by molar-refractivity contribution is 0.240. The Hall–Kier alpha value is -1.02. The molecule has 1 aromatic carbocycles. The van der Waals surface area contributed by atoms with Gasteiger partial charge in [-0.15, -0.1) is 0 Å². The summed E-state index contributed by atoms with van der Waals surface area (Å²) in [5.74, 6) is 0.914. The standard InChI is InChI=1S/C11H17NO/c1-8(2)13-11-6-4-5-9(3)10(11)7-12/h4-6,8H,7,12H2,1-3H3. The Balaban J connectivity index is 2.98. The van der Waals surface area contributed by atoms with Gasteiger partial charge in [0, 0.05) is 12.1 Å². The van der Waals surface area contributed by atoms with Crippen molar-refractivity contribution >= 4 is 0 Å². The van der Waals surface area contributed by atoms with Crippen molar-refractivity contribution in [3.05, 3.63) is 29.3 Å². The van der Waals surface area contributed by atoms with Gasteiger partial charge in [-0.2, -0.15) is 0 Å². The summed E-state index contributed by atoms with van der Waals surface area (Å²) in [5.41, 5.74) is 7.95. The SMILES string of the molecule is Cc1cccc(OC(C)C)c1CN. The molecule has 0 aliphatic heterocycles. The average Bonchev–Trinajstić information content (AvgIpc) is 2.03. The Bertz CT molecular complexity index is 281. The lowest BCUT2D eigenvalue weighted by atomic mass is 10.1. The molecule has 1 aromatic rings. The normalized spacial score (nSPS) is 10.5. The van der Waals surface area contributed by atoms with Crippen LogP contribution in [0, 0.1) is 6.92 Å².